The fraction of sp³-hybridized carbons (Fsp3) is 0.300. The lowest BCUT2D eigenvalue weighted by atomic mass is 9.96. The molecule has 2 aromatic carbocycles. The molecule has 22 heavy (non-hydrogen) atoms. The summed E-state index contributed by atoms with van der Waals surface area (Å²) in [6.45, 7) is 0.744. The van der Waals surface area contributed by atoms with Crippen LogP contribution in [0.2, 0.25) is 0 Å². The van der Waals surface area contributed by atoms with Gasteiger partial charge < -0.3 is 0 Å². The van der Waals surface area contributed by atoms with Gasteiger partial charge in [0.2, 0.25) is 0 Å². The third-order valence-corrected chi connectivity index (χ3v) is 4.75. The van der Waals surface area contributed by atoms with Crippen molar-refractivity contribution in [2.75, 3.05) is 11.7 Å². The van der Waals surface area contributed by atoms with Crippen molar-refractivity contribution >= 4 is 5.69 Å². The first kappa shape index (κ1) is 13.6. The van der Waals surface area contributed by atoms with Crippen molar-refractivity contribution in [2.24, 2.45) is 0 Å². The van der Waals surface area contributed by atoms with Crippen LogP contribution in [-0.4, -0.2) is 6.61 Å². The van der Waals surface area contributed by atoms with Gasteiger partial charge in [0.1, 0.15) is 0 Å². The van der Waals surface area contributed by atoms with Crippen molar-refractivity contribution in [1.29, 1.82) is 0 Å². The lowest BCUT2D eigenvalue weighted by Gasteiger charge is -2.31. The zero-order valence-corrected chi connectivity index (χ0v) is 12.7. The normalized spacial score (nSPS) is 21.6. The topological polar surface area (TPSA) is 12.5 Å². The van der Waals surface area contributed by atoms with Gasteiger partial charge in [-0.15, -0.1) is 0 Å². The number of anilines is 1. The van der Waals surface area contributed by atoms with Gasteiger partial charge in [0.25, 0.3) is 0 Å². The number of para-hydroxylation sites is 1. The third kappa shape index (κ3) is 2.55. The highest BCUT2D eigenvalue weighted by molar-refractivity contribution is 5.47. The van der Waals surface area contributed by atoms with E-state index in [0.29, 0.717) is 0 Å². The van der Waals surface area contributed by atoms with E-state index in [1.54, 1.807) is 5.57 Å². The minimum absolute atomic E-state index is 0.259. The molecule has 112 valence electrons. The molecule has 2 nitrogen and oxygen atoms in total. The molecule has 2 aromatic rings. The molecule has 0 saturated carbocycles. The van der Waals surface area contributed by atoms with E-state index in [1.165, 1.54) is 30.4 Å². The molecule has 0 aromatic heterocycles. The Labute approximate surface area is 132 Å². The smallest absolute Gasteiger partial charge is 0.0962 e. The summed E-state index contributed by atoms with van der Waals surface area (Å²) in [5.41, 5.74) is 5.61. The molecule has 0 radical (unpaired) electrons. The van der Waals surface area contributed by atoms with Crippen LogP contribution in [0.15, 0.2) is 71.8 Å². The van der Waals surface area contributed by atoms with E-state index in [1.807, 2.05) is 0 Å². The molecule has 0 fully saturated rings. The fourth-order valence-electron chi connectivity index (χ4n) is 3.60. The number of nitrogens with zero attached hydrogens (tertiary/aromatic N) is 1. The van der Waals surface area contributed by atoms with Gasteiger partial charge in [-0.2, -0.15) is 0 Å². The van der Waals surface area contributed by atoms with Crippen molar-refractivity contribution in [1.82, 2.24) is 0 Å². The highest BCUT2D eigenvalue weighted by Gasteiger charge is 2.29. The van der Waals surface area contributed by atoms with E-state index >= 15 is 0 Å². The number of hydrogen-bond acceptors (Lipinski definition) is 2. The van der Waals surface area contributed by atoms with Gasteiger partial charge in [-0.05, 0) is 49.0 Å². The van der Waals surface area contributed by atoms with Gasteiger partial charge >= 0.3 is 0 Å². The zero-order valence-electron chi connectivity index (χ0n) is 12.7. The Morgan fingerprint density at radius 2 is 1.50 bits per heavy atom. The second-order valence-electron chi connectivity index (χ2n) is 6.13. The number of benzene rings is 2. The quantitative estimate of drug-likeness (QED) is 0.718. The maximum Gasteiger partial charge on any atom is 0.0962 e. The van der Waals surface area contributed by atoms with Crippen molar-refractivity contribution in [3.8, 4) is 0 Å². The summed E-state index contributed by atoms with van der Waals surface area (Å²) in [7, 11) is 0. The maximum absolute atomic E-state index is 6.25. The monoisotopic (exact) mass is 291 g/mol. The van der Waals surface area contributed by atoms with Crippen LogP contribution in [-0.2, 0) is 4.84 Å². The maximum atomic E-state index is 6.25. The van der Waals surface area contributed by atoms with Crippen molar-refractivity contribution in [3.05, 3.63) is 77.4 Å². The Morgan fingerprint density at radius 3 is 2.27 bits per heavy atom. The van der Waals surface area contributed by atoms with Gasteiger partial charge in [0.15, 0.2) is 0 Å². The lowest BCUT2D eigenvalue weighted by Crippen LogP contribution is -2.28. The second kappa shape index (κ2) is 5.98. The zero-order chi connectivity index (χ0) is 14.8. The molecule has 0 amide bonds. The Balaban J connectivity index is 1.73. The standard InChI is InChI=1S/C20H21NO/c1-3-8-16(9-4-1)20-14-17-10-7-11-18(17)15-22-21(20)19-12-5-2-6-13-19/h1-6,8-9,12-13,20H,7,10-11,14-15H2/t20-/m0/s1. The predicted octanol–water partition coefficient (Wildman–Crippen LogP) is 5.05. The molecule has 0 spiro atoms. The Morgan fingerprint density at radius 1 is 0.818 bits per heavy atom. The third-order valence-electron chi connectivity index (χ3n) is 4.75. The molecule has 1 aliphatic heterocycles. The van der Waals surface area contributed by atoms with Gasteiger partial charge in [-0.1, -0.05) is 54.1 Å². The van der Waals surface area contributed by atoms with Crippen molar-refractivity contribution in [2.45, 2.75) is 31.7 Å². The SMILES string of the molecule is c1ccc([C@@H]2CC3=C(CCC3)CON2c2ccccc2)cc1. The lowest BCUT2D eigenvalue weighted by molar-refractivity contribution is 0.108. The Bertz CT molecular complexity index is 663. The van der Waals surface area contributed by atoms with Crippen LogP contribution in [0.5, 0.6) is 0 Å². The molecule has 1 heterocycles. The van der Waals surface area contributed by atoms with Crippen molar-refractivity contribution < 1.29 is 4.84 Å². The van der Waals surface area contributed by atoms with Crippen LogP contribution in [0.25, 0.3) is 0 Å². The molecular weight excluding hydrogens is 270 g/mol. The summed E-state index contributed by atoms with van der Waals surface area (Å²) in [5, 5.41) is 2.12. The molecule has 0 saturated heterocycles. The molecule has 2 aliphatic rings. The minimum atomic E-state index is 0.259. The number of hydroxylamine groups is 1. The molecule has 0 bridgehead atoms. The van der Waals surface area contributed by atoms with E-state index in [4.69, 9.17) is 4.84 Å². The van der Waals surface area contributed by atoms with Gasteiger partial charge in [-0.3, -0.25) is 4.84 Å². The largest absolute Gasteiger partial charge is 0.268 e. The van der Waals surface area contributed by atoms with Gasteiger partial charge in [-0.25, -0.2) is 5.06 Å². The molecule has 1 atom stereocenters. The van der Waals surface area contributed by atoms with E-state index in [-0.39, 0.29) is 6.04 Å². The van der Waals surface area contributed by atoms with E-state index < -0.39 is 0 Å². The van der Waals surface area contributed by atoms with Crippen LogP contribution in [0.3, 0.4) is 0 Å². The number of rotatable bonds is 2. The summed E-state index contributed by atoms with van der Waals surface area (Å²) in [5.74, 6) is 0. The van der Waals surface area contributed by atoms with Crippen LogP contribution in [0, 0.1) is 0 Å². The molecule has 2 heteroatoms. The summed E-state index contributed by atoms with van der Waals surface area (Å²) in [6, 6.07) is 21.5. The highest BCUT2D eigenvalue weighted by atomic mass is 16.7. The first-order valence-electron chi connectivity index (χ1n) is 8.14. The van der Waals surface area contributed by atoms with Crippen LogP contribution in [0.4, 0.5) is 5.69 Å². The fourth-order valence-corrected chi connectivity index (χ4v) is 3.60. The molecule has 1 aliphatic carbocycles. The average Bonchev–Trinajstić information content (AvgIpc) is 2.95. The van der Waals surface area contributed by atoms with E-state index in [0.717, 1.165) is 18.7 Å². The van der Waals surface area contributed by atoms with E-state index in [9.17, 15) is 0 Å². The first-order chi connectivity index (χ1) is 10.9. The molecular formula is C20H21NO. The molecule has 4 rings (SSSR count). The second-order valence-corrected chi connectivity index (χ2v) is 6.13. The highest BCUT2D eigenvalue weighted by Crippen LogP contribution is 2.40. The average molecular weight is 291 g/mol. The van der Waals surface area contributed by atoms with Crippen LogP contribution < -0.4 is 5.06 Å². The van der Waals surface area contributed by atoms with Crippen molar-refractivity contribution in [3.63, 3.8) is 0 Å². The Kier molecular flexibility index (Phi) is 3.69. The first-order valence-corrected chi connectivity index (χ1v) is 8.14. The molecule has 0 N–H and O–H groups in total. The summed E-state index contributed by atoms with van der Waals surface area (Å²) < 4.78 is 0. The number of hydrogen-bond donors (Lipinski definition) is 0. The van der Waals surface area contributed by atoms with E-state index in [2.05, 4.69) is 65.7 Å². The summed E-state index contributed by atoms with van der Waals surface area (Å²) in [6.07, 6.45) is 4.82. The van der Waals surface area contributed by atoms with Crippen LogP contribution >= 0.6 is 0 Å². The predicted molar refractivity (Wildman–Crippen MR) is 89.6 cm³/mol. The summed E-state index contributed by atoms with van der Waals surface area (Å²) >= 11 is 0. The minimum Gasteiger partial charge on any atom is -0.268 e. The summed E-state index contributed by atoms with van der Waals surface area (Å²) in [4.78, 5) is 6.25. The van der Waals surface area contributed by atoms with Crippen LogP contribution in [0.1, 0.15) is 37.3 Å². The van der Waals surface area contributed by atoms with Gasteiger partial charge in [0.05, 0.1) is 18.3 Å². The molecule has 0 unspecified atom stereocenters. The Hall–Kier alpha value is -2.06. The van der Waals surface area contributed by atoms with Gasteiger partial charge in [0, 0.05) is 0 Å².